The lowest BCUT2D eigenvalue weighted by Gasteiger charge is -2.03. The van der Waals surface area contributed by atoms with Crippen LogP contribution in [0.1, 0.15) is 10.4 Å². The maximum absolute atomic E-state index is 12.2. The van der Waals surface area contributed by atoms with Crippen LogP contribution in [0.2, 0.25) is 10.0 Å². The highest BCUT2D eigenvalue weighted by Crippen LogP contribution is 2.33. The molecule has 0 aliphatic heterocycles. The molecule has 0 aliphatic rings. The standard InChI is InChI=1S/C17H11Cl2NO3/c1-22-17(21)14-15(10-2-6-12(18)7-3-10)20-23-16(14)11-4-8-13(19)9-5-11/h2-9H,1H3. The molecule has 0 unspecified atom stereocenters. The molecule has 0 N–H and O–H groups in total. The molecule has 1 heterocycles. The average Bonchev–Trinajstić information content (AvgIpc) is 3.00. The molecule has 0 fully saturated rings. The molecule has 1 aromatic heterocycles. The van der Waals surface area contributed by atoms with Crippen LogP contribution < -0.4 is 0 Å². The predicted octanol–water partition coefficient (Wildman–Crippen LogP) is 5.10. The zero-order valence-electron chi connectivity index (χ0n) is 12.0. The summed E-state index contributed by atoms with van der Waals surface area (Å²) in [5.74, 6) is -0.195. The van der Waals surface area contributed by atoms with Crippen molar-refractivity contribution in [2.75, 3.05) is 7.11 Å². The SMILES string of the molecule is COC(=O)c1c(-c2ccc(Cl)cc2)noc1-c1ccc(Cl)cc1. The van der Waals surface area contributed by atoms with Gasteiger partial charge in [-0.25, -0.2) is 4.79 Å². The summed E-state index contributed by atoms with van der Waals surface area (Å²) < 4.78 is 10.3. The number of methoxy groups -OCH3 is 1. The van der Waals surface area contributed by atoms with E-state index in [9.17, 15) is 4.79 Å². The molecule has 116 valence electrons. The van der Waals surface area contributed by atoms with E-state index in [4.69, 9.17) is 32.5 Å². The number of esters is 1. The molecule has 0 spiro atoms. The summed E-state index contributed by atoms with van der Waals surface area (Å²) in [6, 6.07) is 13.9. The molecule has 0 aliphatic carbocycles. The van der Waals surface area contributed by atoms with Crippen LogP contribution in [0.5, 0.6) is 0 Å². The van der Waals surface area contributed by atoms with Crippen molar-refractivity contribution >= 4 is 29.2 Å². The van der Waals surface area contributed by atoms with Crippen LogP contribution in [0.3, 0.4) is 0 Å². The third kappa shape index (κ3) is 3.09. The maximum Gasteiger partial charge on any atom is 0.344 e. The molecule has 23 heavy (non-hydrogen) atoms. The van der Waals surface area contributed by atoms with Gasteiger partial charge in [0.1, 0.15) is 11.3 Å². The fourth-order valence-electron chi connectivity index (χ4n) is 2.18. The van der Waals surface area contributed by atoms with Crippen LogP contribution in [0.15, 0.2) is 53.1 Å². The molecule has 0 amide bonds. The smallest absolute Gasteiger partial charge is 0.344 e. The van der Waals surface area contributed by atoms with Gasteiger partial charge in [-0.15, -0.1) is 0 Å². The van der Waals surface area contributed by atoms with Crippen molar-refractivity contribution in [3.63, 3.8) is 0 Å². The van der Waals surface area contributed by atoms with E-state index in [1.54, 1.807) is 48.5 Å². The highest BCUT2D eigenvalue weighted by atomic mass is 35.5. The topological polar surface area (TPSA) is 52.3 Å². The van der Waals surface area contributed by atoms with Gasteiger partial charge in [-0.2, -0.15) is 0 Å². The first kappa shape index (κ1) is 15.6. The van der Waals surface area contributed by atoms with Crippen molar-refractivity contribution in [2.45, 2.75) is 0 Å². The third-order valence-corrected chi connectivity index (χ3v) is 3.81. The molecule has 3 rings (SSSR count). The zero-order valence-corrected chi connectivity index (χ0v) is 13.6. The van der Waals surface area contributed by atoms with Crippen molar-refractivity contribution < 1.29 is 14.1 Å². The molecule has 0 saturated carbocycles. The van der Waals surface area contributed by atoms with Crippen molar-refractivity contribution in [1.82, 2.24) is 5.16 Å². The Labute approximate surface area is 142 Å². The molecule has 0 saturated heterocycles. The summed E-state index contributed by atoms with van der Waals surface area (Å²) in [5.41, 5.74) is 2.05. The Balaban J connectivity index is 2.16. The second-order valence-corrected chi connectivity index (χ2v) is 5.61. The number of aromatic nitrogens is 1. The number of benzene rings is 2. The van der Waals surface area contributed by atoms with Crippen LogP contribution in [-0.4, -0.2) is 18.2 Å². The fraction of sp³-hybridized carbons (Fsp3) is 0.0588. The maximum atomic E-state index is 12.2. The highest BCUT2D eigenvalue weighted by molar-refractivity contribution is 6.31. The first-order valence-corrected chi connectivity index (χ1v) is 7.45. The molecular formula is C17H11Cl2NO3. The first-order chi connectivity index (χ1) is 11.1. The molecule has 6 heteroatoms. The van der Waals surface area contributed by atoms with Crippen molar-refractivity contribution in [1.29, 1.82) is 0 Å². The quantitative estimate of drug-likeness (QED) is 0.618. The van der Waals surface area contributed by atoms with Crippen LogP contribution in [0, 0.1) is 0 Å². The van der Waals surface area contributed by atoms with Crippen LogP contribution >= 0.6 is 23.2 Å². The van der Waals surface area contributed by atoms with Gasteiger partial charge in [0.05, 0.1) is 7.11 Å². The van der Waals surface area contributed by atoms with Gasteiger partial charge in [0.25, 0.3) is 0 Å². The minimum atomic E-state index is -0.527. The van der Waals surface area contributed by atoms with Gasteiger partial charge < -0.3 is 9.26 Å². The van der Waals surface area contributed by atoms with E-state index >= 15 is 0 Å². The Morgan fingerprint density at radius 1 is 0.957 bits per heavy atom. The second-order valence-electron chi connectivity index (χ2n) is 4.74. The minimum absolute atomic E-state index is 0.261. The van der Waals surface area contributed by atoms with E-state index in [1.807, 2.05) is 0 Å². The van der Waals surface area contributed by atoms with E-state index in [0.29, 0.717) is 32.6 Å². The molecule has 0 radical (unpaired) electrons. The normalized spacial score (nSPS) is 10.6. The van der Waals surface area contributed by atoms with E-state index in [1.165, 1.54) is 7.11 Å². The van der Waals surface area contributed by atoms with Crippen molar-refractivity contribution in [3.05, 3.63) is 64.1 Å². The van der Waals surface area contributed by atoms with Crippen molar-refractivity contribution in [3.8, 4) is 22.6 Å². The first-order valence-electron chi connectivity index (χ1n) is 6.70. The van der Waals surface area contributed by atoms with Gasteiger partial charge in [-0.3, -0.25) is 0 Å². The van der Waals surface area contributed by atoms with Gasteiger partial charge in [0.15, 0.2) is 5.76 Å². The predicted molar refractivity (Wildman–Crippen MR) is 88.7 cm³/mol. The fourth-order valence-corrected chi connectivity index (χ4v) is 2.44. The number of nitrogens with zero attached hydrogens (tertiary/aromatic N) is 1. The Kier molecular flexibility index (Phi) is 4.37. The van der Waals surface area contributed by atoms with Gasteiger partial charge in [0, 0.05) is 21.2 Å². The summed E-state index contributed by atoms with van der Waals surface area (Å²) in [6.45, 7) is 0. The van der Waals surface area contributed by atoms with Crippen molar-refractivity contribution in [2.24, 2.45) is 0 Å². The summed E-state index contributed by atoms with van der Waals surface area (Å²) in [4.78, 5) is 12.2. The molecule has 0 atom stereocenters. The Bertz CT molecular complexity index is 776. The number of hydrogen-bond donors (Lipinski definition) is 0. The largest absolute Gasteiger partial charge is 0.465 e. The number of ether oxygens (including phenoxy) is 1. The van der Waals surface area contributed by atoms with E-state index in [-0.39, 0.29) is 5.56 Å². The second kappa shape index (κ2) is 6.44. The molecule has 0 bridgehead atoms. The summed E-state index contributed by atoms with van der Waals surface area (Å²) in [6.07, 6.45) is 0. The number of halogens is 2. The number of carbonyl (C=O) groups is 1. The van der Waals surface area contributed by atoms with Gasteiger partial charge in [-0.05, 0) is 36.4 Å². The van der Waals surface area contributed by atoms with Gasteiger partial charge in [-0.1, -0.05) is 40.5 Å². The minimum Gasteiger partial charge on any atom is -0.465 e. The van der Waals surface area contributed by atoms with Crippen LogP contribution in [0.25, 0.3) is 22.6 Å². The highest BCUT2D eigenvalue weighted by Gasteiger charge is 2.25. The van der Waals surface area contributed by atoms with Crippen LogP contribution in [-0.2, 0) is 4.74 Å². The number of rotatable bonds is 3. The lowest BCUT2D eigenvalue weighted by Crippen LogP contribution is -2.03. The Morgan fingerprint density at radius 2 is 1.48 bits per heavy atom. The Hall–Kier alpha value is -2.30. The monoisotopic (exact) mass is 347 g/mol. The summed E-state index contributed by atoms with van der Waals surface area (Å²) >= 11 is 11.8. The third-order valence-electron chi connectivity index (χ3n) is 3.31. The lowest BCUT2D eigenvalue weighted by atomic mass is 10.0. The van der Waals surface area contributed by atoms with E-state index < -0.39 is 5.97 Å². The molecule has 4 nitrogen and oxygen atoms in total. The molecular weight excluding hydrogens is 337 g/mol. The van der Waals surface area contributed by atoms with E-state index in [2.05, 4.69) is 5.16 Å². The number of hydrogen-bond acceptors (Lipinski definition) is 4. The zero-order chi connectivity index (χ0) is 16.4. The Morgan fingerprint density at radius 3 is 2.00 bits per heavy atom. The lowest BCUT2D eigenvalue weighted by molar-refractivity contribution is 0.0602. The van der Waals surface area contributed by atoms with Gasteiger partial charge in [0.2, 0.25) is 0 Å². The molecule has 3 aromatic rings. The summed E-state index contributed by atoms with van der Waals surface area (Å²) in [7, 11) is 1.31. The molecule has 2 aromatic carbocycles. The number of carbonyl (C=O) groups excluding carboxylic acids is 1. The average molecular weight is 348 g/mol. The van der Waals surface area contributed by atoms with Gasteiger partial charge >= 0.3 is 5.97 Å². The summed E-state index contributed by atoms with van der Waals surface area (Å²) in [5, 5.41) is 5.21. The van der Waals surface area contributed by atoms with E-state index in [0.717, 1.165) is 0 Å². The van der Waals surface area contributed by atoms with Crippen LogP contribution in [0.4, 0.5) is 0 Å².